The minimum absolute atomic E-state index is 0.437. The van der Waals surface area contributed by atoms with E-state index in [0.717, 1.165) is 32.4 Å². The lowest BCUT2D eigenvalue weighted by atomic mass is 10.00. The number of aryl methyl sites for hydroxylation is 1. The van der Waals surface area contributed by atoms with Gasteiger partial charge < -0.3 is 5.73 Å². The van der Waals surface area contributed by atoms with Crippen molar-refractivity contribution in [3.63, 3.8) is 0 Å². The Morgan fingerprint density at radius 2 is 1.81 bits per heavy atom. The molecule has 0 aliphatic rings. The maximum atomic E-state index is 6.31. The Balaban J connectivity index is 2.28. The van der Waals surface area contributed by atoms with Crippen molar-refractivity contribution < 1.29 is 0 Å². The first kappa shape index (κ1) is 14.2. The van der Waals surface area contributed by atoms with Gasteiger partial charge in [0.25, 0.3) is 0 Å². The molecule has 106 valence electrons. The average molecular weight is 363 g/mol. The third-order valence-electron chi connectivity index (χ3n) is 3.40. The van der Waals surface area contributed by atoms with E-state index in [9.17, 15) is 0 Å². The van der Waals surface area contributed by atoms with Crippen molar-refractivity contribution in [2.45, 2.75) is 6.92 Å². The third-order valence-corrected chi connectivity index (χ3v) is 4.78. The molecule has 0 bridgehead atoms. The van der Waals surface area contributed by atoms with Crippen LogP contribution < -0.4 is 5.73 Å². The highest BCUT2D eigenvalue weighted by Gasteiger charge is 2.18. The van der Waals surface area contributed by atoms with Gasteiger partial charge in [0.15, 0.2) is 5.82 Å². The van der Waals surface area contributed by atoms with Crippen LogP contribution in [0.3, 0.4) is 0 Å². The fourth-order valence-corrected chi connectivity index (χ4v) is 3.02. The van der Waals surface area contributed by atoms with Crippen molar-refractivity contribution in [1.29, 1.82) is 0 Å². The molecule has 21 heavy (non-hydrogen) atoms. The number of nitrogens with one attached hydrogen (secondary N) is 1. The summed E-state index contributed by atoms with van der Waals surface area (Å²) in [5.74, 6) is 0.437. The number of benzene rings is 2. The van der Waals surface area contributed by atoms with E-state index in [4.69, 9.17) is 17.3 Å². The molecule has 0 atom stereocenters. The highest BCUT2D eigenvalue weighted by Crippen LogP contribution is 2.41. The van der Waals surface area contributed by atoms with Crippen molar-refractivity contribution in [2.75, 3.05) is 5.73 Å². The molecule has 3 N–H and O–H groups in total. The summed E-state index contributed by atoms with van der Waals surface area (Å²) in [4.78, 5) is 0. The average Bonchev–Trinajstić information content (AvgIpc) is 2.84. The van der Waals surface area contributed by atoms with Crippen molar-refractivity contribution in [3.05, 3.63) is 57.5 Å². The first-order valence-corrected chi connectivity index (χ1v) is 7.61. The molecule has 1 aromatic heterocycles. The second-order valence-electron chi connectivity index (χ2n) is 4.78. The van der Waals surface area contributed by atoms with Crippen LogP contribution in [0.4, 0.5) is 5.82 Å². The Labute approximate surface area is 136 Å². The zero-order chi connectivity index (χ0) is 15.0. The van der Waals surface area contributed by atoms with Gasteiger partial charge in [-0.15, -0.1) is 0 Å². The molecule has 3 rings (SSSR count). The number of H-pyrrole nitrogens is 1. The molecule has 0 aliphatic heterocycles. The number of aromatic nitrogens is 2. The number of nitrogens with zero attached hydrogens (tertiary/aromatic N) is 1. The van der Waals surface area contributed by atoms with Crippen molar-refractivity contribution in [3.8, 4) is 22.4 Å². The molecular formula is C16H13BrClN3. The summed E-state index contributed by atoms with van der Waals surface area (Å²) >= 11 is 9.94. The topological polar surface area (TPSA) is 54.7 Å². The first-order valence-electron chi connectivity index (χ1n) is 6.44. The third kappa shape index (κ3) is 2.45. The lowest BCUT2D eigenvalue weighted by Gasteiger charge is -2.09. The molecule has 5 heteroatoms. The minimum atomic E-state index is 0.437. The molecule has 3 aromatic rings. The largest absolute Gasteiger partial charge is 0.382 e. The highest BCUT2D eigenvalue weighted by molar-refractivity contribution is 9.10. The van der Waals surface area contributed by atoms with Crippen LogP contribution in [-0.4, -0.2) is 10.2 Å². The van der Waals surface area contributed by atoms with E-state index in [0.29, 0.717) is 10.8 Å². The number of hydrogen-bond donors (Lipinski definition) is 2. The summed E-state index contributed by atoms with van der Waals surface area (Å²) in [6.45, 7) is 2.04. The van der Waals surface area contributed by atoms with Crippen LogP contribution in [0.5, 0.6) is 0 Å². The highest BCUT2D eigenvalue weighted by atomic mass is 79.9. The zero-order valence-corrected chi connectivity index (χ0v) is 13.7. The van der Waals surface area contributed by atoms with Crippen LogP contribution in [0.15, 0.2) is 46.9 Å². The lowest BCUT2D eigenvalue weighted by molar-refractivity contribution is 1.10. The fourth-order valence-electron chi connectivity index (χ4n) is 2.33. The maximum Gasteiger partial charge on any atom is 0.153 e. The number of halogens is 2. The number of rotatable bonds is 2. The van der Waals surface area contributed by atoms with E-state index in [2.05, 4.69) is 26.1 Å². The summed E-state index contributed by atoms with van der Waals surface area (Å²) in [7, 11) is 0. The number of anilines is 1. The molecule has 0 saturated heterocycles. The van der Waals surface area contributed by atoms with Gasteiger partial charge in [-0.2, -0.15) is 5.10 Å². The molecular weight excluding hydrogens is 350 g/mol. The molecule has 1 heterocycles. The monoisotopic (exact) mass is 361 g/mol. The first-order chi connectivity index (χ1) is 10.1. The molecule has 0 saturated carbocycles. The molecule has 0 amide bonds. The Bertz CT molecular complexity index is 811. The number of hydrogen-bond acceptors (Lipinski definition) is 2. The van der Waals surface area contributed by atoms with Crippen molar-refractivity contribution in [2.24, 2.45) is 0 Å². The van der Waals surface area contributed by atoms with E-state index in [1.807, 2.05) is 49.4 Å². The summed E-state index contributed by atoms with van der Waals surface area (Å²) in [6, 6.07) is 13.7. The Kier molecular flexibility index (Phi) is 3.74. The van der Waals surface area contributed by atoms with Crippen molar-refractivity contribution >= 4 is 33.3 Å². The second-order valence-corrected chi connectivity index (χ2v) is 5.98. The van der Waals surface area contributed by atoms with Crippen molar-refractivity contribution in [1.82, 2.24) is 10.2 Å². The van der Waals surface area contributed by atoms with Crippen LogP contribution in [0.1, 0.15) is 5.56 Å². The van der Waals surface area contributed by atoms with E-state index < -0.39 is 0 Å². The molecule has 2 aromatic carbocycles. The summed E-state index contributed by atoms with van der Waals surface area (Å²) < 4.78 is 1.02. The van der Waals surface area contributed by atoms with Gasteiger partial charge in [-0.25, -0.2) is 0 Å². The fraction of sp³-hybridized carbons (Fsp3) is 0.0625. The van der Waals surface area contributed by atoms with E-state index in [-0.39, 0.29) is 0 Å². The van der Waals surface area contributed by atoms with Crippen LogP contribution in [0, 0.1) is 6.92 Å². The van der Waals surface area contributed by atoms with Gasteiger partial charge in [-0.3, -0.25) is 5.10 Å². The van der Waals surface area contributed by atoms with Gasteiger partial charge in [0, 0.05) is 20.6 Å². The standard InChI is InChI=1S/C16H13BrClN3/c1-9-5-4-7-11(14(9)17)15-13(16(19)21-20-15)10-6-2-3-8-12(10)18/h2-8H,1H3,(H3,19,20,21). The molecule has 0 fully saturated rings. The molecule has 0 radical (unpaired) electrons. The normalized spacial score (nSPS) is 10.8. The van der Waals surface area contributed by atoms with Gasteiger partial charge in [-0.05, 0) is 34.5 Å². The van der Waals surface area contributed by atoms with Crippen LogP contribution >= 0.6 is 27.5 Å². The number of nitrogen functional groups attached to an aromatic ring is 1. The van der Waals surface area contributed by atoms with Crippen LogP contribution in [-0.2, 0) is 0 Å². The molecule has 3 nitrogen and oxygen atoms in total. The van der Waals surface area contributed by atoms with Gasteiger partial charge >= 0.3 is 0 Å². The molecule has 0 aliphatic carbocycles. The predicted molar refractivity (Wildman–Crippen MR) is 91.3 cm³/mol. The smallest absolute Gasteiger partial charge is 0.153 e. The Morgan fingerprint density at radius 1 is 1.10 bits per heavy atom. The minimum Gasteiger partial charge on any atom is -0.382 e. The summed E-state index contributed by atoms with van der Waals surface area (Å²) in [5.41, 5.74) is 10.8. The number of aromatic amines is 1. The predicted octanol–water partition coefficient (Wildman–Crippen LogP) is 5.05. The van der Waals surface area contributed by atoms with Gasteiger partial charge in [-0.1, -0.05) is 48.0 Å². The van der Waals surface area contributed by atoms with Gasteiger partial charge in [0.05, 0.1) is 11.3 Å². The lowest BCUT2D eigenvalue weighted by Crippen LogP contribution is -1.90. The van der Waals surface area contributed by atoms with E-state index >= 15 is 0 Å². The van der Waals surface area contributed by atoms with E-state index in [1.165, 1.54) is 0 Å². The SMILES string of the molecule is Cc1cccc(-c2[nH]nc(N)c2-c2ccccc2Cl)c1Br. The Hall–Kier alpha value is -1.78. The quantitative estimate of drug-likeness (QED) is 0.670. The molecule has 0 spiro atoms. The van der Waals surface area contributed by atoms with Crippen LogP contribution in [0.25, 0.3) is 22.4 Å². The molecule has 0 unspecified atom stereocenters. The second kappa shape index (κ2) is 5.54. The summed E-state index contributed by atoms with van der Waals surface area (Å²) in [6.07, 6.45) is 0. The zero-order valence-electron chi connectivity index (χ0n) is 11.3. The Morgan fingerprint density at radius 3 is 2.57 bits per heavy atom. The van der Waals surface area contributed by atoms with Gasteiger partial charge in [0.1, 0.15) is 0 Å². The summed E-state index contributed by atoms with van der Waals surface area (Å²) in [5, 5.41) is 7.82. The number of nitrogens with two attached hydrogens (primary N) is 1. The van der Waals surface area contributed by atoms with Crippen LogP contribution in [0.2, 0.25) is 5.02 Å². The maximum absolute atomic E-state index is 6.31. The van der Waals surface area contributed by atoms with Gasteiger partial charge in [0.2, 0.25) is 0 Å². The van der Waals surface area contributed by atoms with E-state index in [1.54, 1.807) is 0 Å².